The molecule has 2 aromatic rings. The second-order valence-electron chi connectivity index (χ2n) is 6.88. The molecule has 7 nitrogen and oxygen atoms in total. The van der Waals surface area contributed by atoms with Crippen LogP contribution in [0.3, 0.4) is 0 Å². The van der Waals surface area contributed by atoms with Crippen molar-refractivity contribution >= 4 is 33.0 Å². The topological polar surface area (TPSA) is 87.2 Å². The quantitative estimate of drug-likeness (QED) is 0.832. The van der Waals surface area contributed by atoms with Crippen LogP contribution in [0, 0.1) is 0 Å². The Morgan fingerprint density at radius 3 is 2.54 bits per heavy atom. The van der Waals surface area contributed by atoms with E-state index in [9.17, 15) is 8.42 Å². The van der Waals surface area contributed by atoms with E-state index in [4.69, 9.17) is 0 Å². The summed E-state index contributed by atoms with van der Waals surface area (Å²) in [5.41, 5.74) is 2.21. The molecule has 0 amide bonds. The third kappa shape index (κ3) is 4.07. The number of sulfone groups is 1. The van der Waals surface area contributed by atoms with Gasteiger partial charge >= 0.3 is 0 Å². The van der Waals surface area contributed by atoms with Crippen molar-refractivity contribution in [3.8, 4) is 0 Å². The van der Waals surface area contributed by atoms with Crippen LogP contribution in [-0.4, -0.2) is 49.0 Å². The summed E-state index contributed by atoms with van der Waals surface area (Å²) < 4.78 is 23.1. The van der Waals surface area contributed by atoms with Crippen molar-refractivity contribution in [2.24, 2.45) is 0 Å². The van der Waals surface area contributed by atoms with Crippen molar-refractivity contribution in [3.63, 3.8) is 0 Å². The number of nitrogens with zero attached hydrogens (tertiary/aromatic N) is 3. The third-order valence-corrected chi connectivity index (χ3v) is 6.60. The van der Waals surface area contributed by atoms with E-state index >= 15 is 0 Å². The van der Waals surface area contributed by atoms with E-state index in [0.717, 1.165) is 18.8 Å². The lowest BCUT2D eigenvalue weighted by atomic mass is 10.2. The van der Waals surface area contributed by atoms with Crippen LogP contribution in [0.25, 0.3) is 0 Å². The number of nitrogens with one attached hydrogen (secondary N) is 2. The average molecular weight is 373 g/mol. The van der Waals surface area contributed by atoms with Crippen LogP contribution in [0.2, 0.25) is 0 Å². The van der Waals surface area contributed by atoms with E-state index in [-0.39, 0.29) is 17.5 Å². The molecule has 2 aliphatic heterocycles. The third-order valence-electron chi connectivity index (χ3n) is 4.83. The summed E-state index contributed by atoms with van der Waals surface area (Å²) in [6.45, 7) is 2.26. The van der Waals surface area contributed by atoms with Crippen LogP contribution >= 0.6 is 0 Å². The molecule has 2 fully saturated rings. The smallest absolute Gasteiger partial charge is 0.224 e. The van der Waals surface area contributed by atoms with Crippen molar-refractivity contribution in [1.29, 1.82) is 0 Å². The fourth-order valence-corrected chi connectivity index (χ4v) is 5.14. The van der Waals surface area contributed by atoms with Crippen molar-refractivity contribution in [1.82, 2.24) is 9.97 Å². The molecule has 2 N–H and O–H groups in total. The summed E-state index contributed by atoms with van der Waals surface area (Å²) in [4.78, 5) is 11.0. The van der Waals surface area contributed by atoms with Gasteiger partial charge in [0.2, 0.25) is 5.95 Å². The lowest BCUT2D eigenvalue weighted by Crippen LogP contribution is -2.22. The maximum Gasteiger partial charge on any atom is 0.224 e. The highest BCUT2D eigenvalue weighted by atomic mass is 32.2. The van der Waals surface area contributed by atoms with E-state index < -0.39 is 9.84 Å². The van der Waals surface area contributed by atoms with Gasteiger partial charge in [-0.2, -0.15) is 4.98 Å². The minimum Gasteiger partial charge on any atom is -0.372 e. The highest BCUT2D eigenvalue weighted by Crippen LogP contribution is 2.24. The van der Waals surface area contributed by atoms with Gasteiger partial charge in [0, 0.05) is 36.7 Å². The number of aromatic nitrogens is 2. The summed E-state index contributed by atoms with van der Waals surface area (Å²) >= 11 is 0. The zero-order valence-corrected chi connectivity index (χ0v) is 15.4. The zero-order valence-electron chi connectivity index (χ0n) is 14.6. The first-order valence-electron chi connectivity index (χ1n) is 8.99. The molecule has 1 atom stereocenters. The molecule has 26 heavy (non-hydrogen) atoms. The van der Waals surface area contributed by atoms with Crippen LogP contribution in [-0.2, 0) is 9.84 Å². The van der Waals surface area contributed by atoms with Crippen molar-refractivity contribution < 1.29 is 8.42 Å². The maximum atomic E-state index is 11.6. The van der Waals surface area contributed by atoms with E-state index in [1.807, 2.05) is 12.1 Å². The van der Waals surface area contributed by atoms with Crippen molar-refractivity contribution in [2.45, 2.75) is 25.3 Å². The van der Waals surface area contributed by atoms with Gasteiger partial charge in [0.1, 0.15) is 5.82 Å². The normalized spacial score (nSPS) is 21.7. The second kappa shape index (κ2) is 7.11. The summed E-state index contributed by atoms with van der Waals surface area (Å²) in [7, 11) is -2.92. The molecule has 0 saturated carbocycles. The Morgan fingerprint density at radius 1 is 1.08 bits per heavy atom. The molecule has 8 heteroatoms. The van der Waals surface area contributed by atoms with E-state index in [1.165, 1.54) is 18.5 Å². The Morgan fingerprint density at radius 2 is 1.85 bits per heavy atom. The van der Waals surface area contributed by atoms with E-state index in [0.29, 0.717) is 18.2 Å². The standard InChI is InChI=1S/C18H23N5O2S/c24-26(25)12-8-15(13-26)21-18-19-9-7-17(22-18)20-14-3-5-16(6-4-14)23-10-1-2-11-23/h3-7,9,15H,1-2,8,10-13H2,(H2,19,20,21,22). The molecule has 0 bridgehead atoms. The fourth-order valence-electron chi connectivity index (χ4n) is 3.47. The van der Waals surface area contributed by atoms with Crippen molar-refractivity contribution in [2.75, 3.05) is 40.1 Å². The lowest BCUT2D eigenvalue weighted by molar-refractivity contribution is 0.602. The lowest BCUT2D eigenvalue weighted by Gasteiger charge is -2.18. The molecule has 4 rings (SSSR count). The largest absolute Gasteiger partial charge is 0.372 e. The molecular weight excluding hydrogens is 350 g/mol. The highest BCUT2D eigenvalue weighted by Gasteiger charge is 2.28. The van der Waals surface area contributed by atoms with E-state index in [2.05, 4.69) is 37.6 Å². The summed E-state index contributed by atoms with van der Waals surface area (Å²) in [5, 5.41) is 6.40. The van der Waals surface area contributed by atoms with Gasteiger partial charge < -0.3 is 15.5 Å². The summed E-state index contributed by atoms with van der Waals surface area (Å²) in [6, 6.07) is 10.0. The molecule has 0 aliphatic carbocycles. The Labute approximate surface area is 153 Å². The molecule has 1 unspecified atom stereocenters. The number of benzene rings is 1. The second-order valence-corrected chi connectivity index (χ2v) is 9.10. The predicted molar refractivity (Wildman–Crippen MR) is 104 cm³/mol. The molecule has 0 spiro atoms. The number of hydrogen-bond donors (Lipinski definition) is 2. The van der Waals surface area contributed by atoms with Crippen LogP contribution in [0.4, 0.5) is 23.1 Å². The Bertz CT molecular complexity index is 863. The maximum absolute atomic E-state index is 11.6. The molecular formula is C18H23N5O2S. The SMILES string of the molecule is O=S1(=O)CCC(Nc2nccc(Nc3ccc(N4CCCC4)cc3)n2)C1. The minimum atomic E-state index is -2.92. The predicted octanol–water partition coefficient (Wildman–Crippen LogP) is 2.42. The summed E-state index contributed by atoms with van der Waals surface area (Å²) in [6.07, 6.45) is 4.79. The average Bonchev–Trinajstić information content (AvgIpc) is 3.26. The molecule has 2 saturated heterocycles. The van der Waals surface area contributed by atoms with Gasteiger partial charge in [0.15, 0.2) is 9.84 Å². The van der Waals surface area contributed by atoms with Crippen LogP contribution in [0.1, 0.15) is 19.3 Å². The monoisotopic (exact) mass is 373 g/mol. The molecule has 1 aromatic heterocycles. The Kier molecular flexibility index (Phi) is 4.67. The molecule has 3 heterocycles. The number of anilines is 4. The van der Waals surface area contributed by atoms with Gasteiger partial charge in [-0.25, -0.2) is 13.4 Å². The molecule has 0 radical (unpaired) electrons. The summed E-state index contributed by atoms with van der Waals surface area (Å²) in [5.74, 6) is 1.50. The first kappa shape index (κ1) is 17.1. The fraction of sp³-hybridized carbons (Fsp3) is 0.444. The number of hydrogen-bond acceptors (Lipinski definition) is 7. The first-order chi connectivity index (χ1) is 12.6. The van der Waals surface area contributed by atoms with Gasteiger partial charge in [0.25, 0.3) is 0 Å². The highest BCUT2D eigenvalue weighted by molar-refractivity contribution is 7.91. The van der Waals surface area contributed by atoms with Crippen molar-refractivity contribution in [3.05, 3.63) is 36.5 Å². The Hall–Kier alpha value is -2.35. The zero-order chi connectivity index (χ0) is 18.0. The van der Waals surface area contributed by atoms with Gasteiger partial charge in [-0.15, -0.1) is 0 Å². The Balaban J connectivity index is 1.40. The van der Waals surface area contributed by atoms with Gasteiger partial charge in [0.05, 0.1) is 11.5 Å². The van der Waals surface area contributed by atoms with Gasteiger partial charge in [-0.3, -0.25) is 0 Å². The molecule has 2 aliphatic rings. The molecule has 1 aromatic carbocycles. The van der Waals surface area contributed by atoms with Gasteiger partial charge in [-0.1, -0.05) is 0 Å². The van der Waals surface area contributed by atoms with Crippen LogP contribution in [0.15, 0.2) is 36.5 Å². The first-order valence-corrected chi connectivity index (χ1v) is 10.8. The minimum absolute atomic E-state index is 0.116. The van der Waals surface area contributed by atoms with Crippen LogP contribution in [0.5, 0.6) is 0 Å². The van der Waals surface area contributed by atoms with Gasteiger partial charge in [-0.05, 0) is 49.6 Å². The van der Waals surface area contributed by atoms with E-state index in [1.54, 1.807) is 12.3 Å². The van der Waals surface area contributed by atoms with Crippen LogP contribution < -0.4 is 15.5 Å². The number of rotatable bonds is 5. The molecule has 138 valence electrons.